The molecule has 3 aromatic rings. The van der Waals surface area contributed by atoms with E-state index in [1.54, 1.807) is 4.57 Å². The first-order valence-corrected chi connectivity index (χ1v) is 7.64. The first kappa shape index (κ1) is 13.8. The zero-order valence-electron chi connectivity index (χ0n) is 12.5. The molecule has 0 bridgehead atoms. The fraction of sp³-hybridized carbons (Fsp3) is 0.158. The lowest BCUT2D eigenvalue weighted by Gasteiger charge is -2.21. The lowest BCUT2D eigenvalue weighted by molar-refractivity contribution is 0.0694. The minimum Gasteiger partial charge on any atom is -0.477 e. The Bertz CT molecular complexity index is 987. The number of carboxylic acids is 1. The molecule has 1 N–H and O–H groups in total. The van der Waals surface area contributed by atoms with Gasteiger partial charge in [-0.05, 0) is 47.7 Å². The van der Waals surface area contributed by atoms with Crippen LogP contribution < -0.4 is 5.56 Å². The maximum absolute atomic E-state index is 12.4. The topological polar surface area (TPSA) is 59.3 Å². The van der Waals surface area contributed by atoms with Crippen LogP contribution in [0.2, 0.25) is 0 Å². The van der Waals surface area contributed by atoms with Crippen LogP contribution >= 0.6 is 0 Å². The molecule has 2 heterocycles. The molecule has 0 aliphatic carbocycles. The molecular weight excluding hydrogens is 290 g/mol. The second kappa shape index (κ2) is 5.09. The predicted molar refractivity (Wildman–Crippen MR) is 88.9 cm³/mol. The summed E-state index contributed by atoms with van der Waals surface area (Å²) in [7, 11) is 0. The van der Waals surface area contributed by atoms with E-state index in [0.29, 0.717) is 6.54 Å². The van der Waals surface area contributed by atoms with Crippen LogP contribution in [-0.4, -0.2) is 15.6 Å². The third kappa shape index (κ3) is 2.14. The SMILES string of the molecule is O=C(O)c1cc2cc(-c3ccccc3)cc3c2n(c1=O)CCC3. The maximum atomic E-state index is 12.4. The molecule has 114 valence electrons. The van der Waals surface area contributed by atoms with Crippen molar-refractivity contribution < 1.29 is 9.90 Å². The van der Waals surface area contributed by atoms with Gasteiger partial charge in [-0.25, -0.2) is 4.79 Å². The number of aromatic carboxylic acids is 1. The van der Waals surface area contributed by atoms with Crippen molar-refractivity contribution in [3.63, 3.8) is 0 Å². The number of nitrogens with zero attached hydrogens (tertiary/aromatic N) is 1. The number of hydrogen-bond donors (Lipinski definition) is 1. The monoisotopic (exact) mass is 305 g/mol. The van der Waals surface area contributed by atoms with Crippen molar-refractivity contribution in [1.29, 1.82) is 0 Å². The van der Waals surface area contributed by atoms with Gasteiger partial charge in [0, 0.05) is 11.9 Å². The highest BCUT2D eigenvalue weighted by molar-refractivity contribution is 5.95. The number of carboxylic acid groups (broad SMARTS) is 1. The molecule has 0 amide bonds. The highest BCUT2D eigenvalue weighted by Gasteiger charge is 2.20. The molecule has 0 saturated heterocycles. The van der Waals surface area contributed by atoms with Gasteiger partial charge in [-0.2, -0.15) is 0 Å². The molecular formula is C19H15NO3. The van der Waals surface area contributed by atoms with E-state index in [9.17, 15) is 14.7 Å². The summed E-state index contributed by atoms with van der Waals surface area (Å²) in [6.07, 6.45) is 1.76. The van der Waals surface area contributed by atoms with Crippen molar-refractivity contribution >= 4 is 16.9 Å². The van der Waals surface area contributed by atoms with Crippen LogP contribution in [-0.2, 0) is 13.0 Å². The van der Waals surface area contributed by atoms with E-state index in [2.05, 4.69) is 6.07 Å². The summed E-state index contributed by atoms with van der Waals surface area (Å²) in [5, 5.41) is 10.1. The van der Waals surface area contributed by atoms with Crippen LogP contribution in [0.3, 0.4) is 0 Å². The third-order valence-corrected chi connectivity index (χ3v) is 4.43. The molecule has 0 spiro atoms. The standard InChI is InChI=1S/C19H15NO3/c21-18-16(19(22)23)11-15-10-14(12-5-2-1-3-6-12)9-13-7-4-8-20(18)17(13)15/h1-3,5-6,9-11H,4,7-8H2,(H,22,23). The third-order valence-electron chi connectivity index (χ3n) is 4.43. The van der Waals surface area contributed by atoms with E-state index >= 15 is 0 Å². The summed E-state index contributed by atoms with van der Waals surface area (Å²) in [4.78, 5) is 23.8. The van der Waals surface area contributed by atoms with E-state index in [1.165, 1.54) is 6.07 Å². The van der Waals surface area contributed by atoms with Gasteiger partial charge in [-0.1, -0.05) is 30.3 Å². The van der Waals surface area contributed by atoms with Gasteiger partial charge >= 0.3 is 5.97 Å². The van der Waals surface area contributed by atoms with Crippen LogP contribution in [0.25, 0.3) is 22.0 Å². The van der Waals surface area contributed by atoms with E-state index in [-0.39, 0.29) is 5.56 Å². The van der Waals surface area contributed by atoms with Crippen molar-refractivity contribution in [2.24, 2.45) is 0 Å². The Hall–Kier alpha value is -2.88. The van der Waals surface area contributed by atoms with E-state index in [1.807, 2.05) is 36.4 Å². The molecule has 1 aliphatic heterocycles. The van der Waals surface area contributed by atoms with Gasteiger partial charge in [0.2, 0.25) is 0 Å². The van der Waals surface area contributed by atoms with Gasteiger partial charge in [-0.3, -0.25) is 4.79 Å². The summed E-state index contributed by atoms with van der Waals surface area (Å²) >= 11 is 0. The fourth-order valence-electron chi connectivity index (χ4n) is 3.40. The molecule has 0 radical (unpaired) electrons. The highest BCUT2D eigenvalue weighted by atomic mass is 16.4. The van der Waals surface area contributed by atoms with E-state index < -0.39 is 11.5 Å². The number of aromatic nitrogens is 1. The van der Waals surface area contributed by atoms with Crippen LogP contribution in [0.4, 0.5) is 0 Å². The smallest absolute Gasteiger partial charge is 0.341 e. The van der Waals surface area contributed by atoms with Crippen molar-refractivity contribution in [3.05, 3.63) is 70.0 Å². The molecule has 2 aromatic carbocycles. The molecule has 0 fully saturated rings. The number of rotatable bonds is 2. The van der Waals surface area contributed by atoms with Gasteiger partial charge < -0.3 is 9.67 Å². The Kier molecular flexibility index (Phi) is 3.05. The first-order chi connectivity index (χ1) is 11.1. The quantitative estimate of drug-likeness (QED) is 0.790. The predicted octanol–water partition coefficient (Wildman–Crippen LogP) is 3.31. The first-order valence-electron chi connectivity index (χ1n) is 7.64. The van der Waals surface area contributed by atoms with Crippen molar-refractivity contribution in [2.45, 2.75) is 19.4 Å². The summed E-state index contributed by atoms with van der Waals surface area (Å²) in [5.41, 5.74) is 3.57. The fourth-order valence-corrected chi connectivity index (χ4v) is 3.40. The largest absolute Gasteiger partial charge is 0.477 e. The molecule has 4 heteroatoms. The van der Waals surface area contributed by atoms with E-state index in [4.69, 9.17) is 0 Å². The Labute approximate surface area is 132 Å². The second-order valence-electron chi connectivity index (χ2n) is 5.86. The molecule has 1 aromatic heterocycles. The summed E-state index contributed by atoms with van der Waals surface area (Å²) in [6, 6.07) is 15.6. The van der Waals surface area contributed by atoms with Crippen molar-refractivity contribution in [3.8, 4) is 11.1 Å². The summed E-state index contributed by atoms with van der Waals surface area (Å²) in [6.45, 7) is 0.578. The normalized spacial score (nSPS) is 13.2. The van der Waals surface area contributed by atoms with Crippen molar-refractivity contribution in [2.75, 3.05) is 0 Å². The van der Waals surface area contributed by atoms with Crippen molar-refractivity contribution in [1.82, 2.24) is 4.57 Å². The lowest BCUT2D eigenvalue weighted by Crippen LogP contribution is -2.29. The highest BCUT2D eigenvalue weighted by Crippen LogP contribution is 2.30. The van der Waals surface area contributed by atoms with Gasteiger partial charge in [0.15, 0.2) is 0 Å². The zero-order chi connectivity index (χ0) is 16.0. The van der Waals surface area contributed by atoms with Crippen LogP contribution in [0.1, 0.15) is 22.3 Å². The number of carbonyl (C=O) groups is 1. The lowest BCUT2D eigenvalue weighted by atomic mass is 9.94. The molecule has 4 nitrogen and oxygen atoms in total. The van der Waals surface area contributed by atoms with Crippen LogP contribution in [0.15, 0.2) is 53.3 Å². The van der Waals surface area contributed by atoms with Gasteiger partial charge in [-0.15, -0.1) is 0 Å². The number of hydrogen-bond acceptors (Lipinski definition) is 2. The molecule has 0 saturated carbocycles. The number of aryl methyl sites for hydroxylation is 2. The molecule has 4 rings (SSSR count). The molecule has 23 heavy (non-hydrogen) atoms. The average molecular weight is 305 g/mol. The maximum Gasteiger partial charge on any atom is 0.341 e. The van der Waals surface area contributed by atoms with Crippen LogP contribution in [0, 0.1) is 0 Å². The zero-order valence-corrected chi connectivity index (χ0v) is 12.5. The number of pyridine rings is 1. The number of benzene rings is 2. The van der Waals surface area contributed by atoms with E-state index in [0.717, 1.165) is 40.4 Å². The summed E-state index contributed by atoms with van der Waals surface area (Å²) in [5.74, 6) is -1.17. The average Bonchev–Trinajstić information content (AvgIpc) is 2.58. The summed E-state index contributed by atoms with van der Waals surface area (Å²) < 4.78 is 1.62. The van der Waals surface area contributed by atoms with Gasteiger partial charge in [0.25, 0.3) is 5.56 Å². The molecule has 1 aliphatic rings. The van der Waals surface area contributed by atoms with Gasteiger partial charge in [0.1, 0.15) is 5.56 Å². The Balaban J connectivity index is 2.08. The Morgan fingerprint density at radius 3 is 2.57 bits per heavy atom. The Morgan fingerprint density at radius 2 is 1.83 bits per heavy atom. The minimum absolute atomic E-state index is 0.157. The molecule has 0 unspecified atom stereocenters. The molecule has 0 atom stereocenters. The van der Waals surface area contributed by atoms with Crippen LogP contribution in [0.5, 0.6) is 0 Å². The van der Waals surface area contributed by atoms with Gasteiger partial charge in [0.05, 0.1) is 5.52 Å². The second-order valence-corrected chi connectivity index (χ2v) is 5.86. The Morgan fingerprint density at radius 1 is 1.04 bits per heavy atom. The minimum atomic E-state index is -1.17.